The van der Waals surface area contributed by atoms with E-state index >= 15 is 0 Å². The van der Waals surface area contributed by atoms with Crippen molar-refractivity contribution in [2.24, 2.45) is 11.5 Å². The summed E-state index contributed by atoms with van der Waals surface area (Å²) in [5, 5.41) is 0. The predicted octanol–water partition coefficient (Wildman–Crippen LogP) is 0.465. The largest absolute Gasteiger partial charge is 0.397 e. The molecule has 2 heteroatoms. The number of hydrogen-bond acceptors (Lipinski definition) is 2. The molecule has 0 radical (unpaired) electrons. The number of allylic oxidation sites excluding steroid dienone is 2. The van der Waals surface area contributed by atoms with Crippen LogP contribution < -0.4 is 11.5 Å². The van der Waals surface area contributed by atoms with Gasteiger partial charge in [-0.25, -0.2) is 0 Å². The van der Waals surface area contributed by atoms with Crippen molar-refractivity contribution in [3.8, 4) is 0 Å². The van der Waals surface area contributed by atoms with Gasteiger partial charge in [-0.1, -0.05) is 12.2 Å². The zero-order valence-corrected chi connectivity index (χ0v) is 4.72. The topological polar surface area (TPSA) is 52.0 Å². The van der Waals surface area contributed by atoms with Crippen molar-refractivity contribution in [1.82, 2.24) is 0 Å². The lowest BCUT2D eigenvalue weighted by Crippen LogP contribution is -2.11. The minimum Gasteiger partial charge on any atom is -0.397 e. The molecule has 4 N–H and O–H groups in total. The quantitative estimate of drug-likeness (QED) is 0.476. The van der Waals surface area contributed by atoms with Gasteiger partial charge in [0.05, 0.1) is 11.4 Å². The molecule has 0 unspecified atom stereocenters. The van der Waals surface area contributed by atoms with Gasteiger partial charge in [0, 0.05) is 0 Å². The van der Waals surface area contributed by atoms with E-state index in [2.05, 4.69) is 0 Å². The third kappa shape index (κ3) is 0.832. The Morgan fingerprint density at radius 2 is 1.38 bits per heavy atom. The number of rotatable bonds is 0. The second kappa shape index (κ2) is 1.90. The maximum atomic E-state index is 5.45. The molecule has 0 saturated heterocycles. The van der Waals surface area contributed by atoms with E-state index < -0.39 is 0 Å². The normalized spacial score (nSPS) is 19.5. The van der Waals surface area contributed by atoms with Crippen LogP contribution in [0, 0.1) is 0 Å². The maximum Gasteiger partial charge on any atom is 0.0504 e. The van der Waals surface area contributed by atoms with E-state index in [0.717, 1.165) is 24.2 Å². The molecular formula is C6H10N2. The SMILES string of the molecule is NC1=CCCC=C1N. The fourth-order valence-corrected chi connectivity index (χ4v) is 0.713. The number of hydrogen-bond donors (Lipinski definition) is 2. The van der Waals surface area contributed by atoms with Crippen LogP contribution in [-0.4, -0.2) is 0 Å². The molecule has 0 aromatic rings. The molecule has 0 atom stereocenters. The van der Waals surface area contributed by atoms with E-state index in [9.17, 15) is 0 Å². The first-order chi connectivity index (χ1) is 3.80. The van der Waals surface area contributed by atoms with Crippen molar-refractivity contribution in [3.63, 3.8) is 0 Å². The Bertz CT molecular complexity index is 127. The smallest absolute Gasteiger partial charge is 0.0504 e. The zero-order valence-electron chi connectivity index (χ0n) is 4.72. The molecule has 1 aliphatic carbocycles. The van der Waals surface area contributed by atoms with Crippen LogP contribution in [0.3, 0.4) is 0 Å². The fourth-order valence-electron chi connectivity index (χ4n) is 0.713. The minimum absolute atomic E-state index is 0.733. The van der Waals surface area contributed by atoms with E-state index in [-0.39, 0.29) is 0 Å². The van der Waals surface area contributed by atoms with Gasteiger partial charge in [-0.3, -0.25) is 0 Å². The first-order valence-corrected chi connectivity index (χ1v) is 2.72. The monoisotopic (exact) mass is 110 g/mol. The van der Waals surface area contributed by atoms with Crippen LogP contribution >= 0.6 is 0 Å². The van der Waals surface area contributed by atoms with Crippen LogP contribution in [-0.2, 0) is 0 Å². The summed E-state index contributed by atoms with van der Waals surface area (Å²) in [5.74, 6) is 0. The Hall–Kier alpha value is -0.920. The maximum absolute atomic E-state index is 5.45. The zero-order chi connectivity index (χ0) is 5.98. The Morgan fingerprint density at radius 1 is 1.00 bits per heavy atom. The molecular weight excluding hydrogens is 100 g/mol. The van der Waals surface area contributed by atoms with Crippen molar-refractivity contribution in [3.05, 3.63) is 23.5 Å². The average molecular weight is 110 g/mol. The lowest BCUT2D eigenvalue weighted by molar-refractivity contribution is 0.974. The van der Waals surface area contributed by atoms with Crippen LogP contribution in [0.4, 0.5) is 0 Å². The molecule has 0 aliphatic heterocycles. The van der Waals surface area contributed by atoms with Gasteiger partial charge in [-0.15, -0.1) is 0 Å². The van der Waals surface area contributed by atoms with Gasteiger partial charge in [-0.05, 0) is 12.8 Å². The number of nitrogens with two attached hydrogens (primary N) is 2. The fraction of sp³-hybridized carbons (Fsp3) is 0.333. The molecule has 0 saturated carbocycles. The summed E-state index contributed by atoms with van der Waals surface area (Å²) in [7, 11) is 0. The molecule has 0 aromatic carbocycles. The van der Waals surface area contributed by atoms with Gasteiger partial charge in [0.2, 0.25) is 0 Å². The van der Waals surface area contributed by atoms with Gasteiger partial charge in [0.1, 0.15) is 0 Å². The molecule has 0 aromatic heterocycles. The lowest BCUT2D eigenvalue weighted by Gasteiger charge is -2.05. The minimum atomic E-state index is 0.733. The first-order valence-electron chi connectivity index (χ1n) is 2.72. The summed E-state index contributed by atoms with van der Waals surface area (Å²) in [5.41, 5.74) is 12.4. The molecule has 8 heavy (non-hydrogen) atoms. The Labute approximate surface area is 48.9 Å². The second-order valence-electron chi connectivity index (χ2n) is 1.90. The molecule has 0 amide bonds. The second-order valence-corrected chi connectivity index (χ2v) is 1.90. The van der Waals surface area contributed by atoms with Crippen LogP contribution in [0.5, 0.6) is 0 Å². The van der Waals surface area contributed by atoms with Crippen LogP contribution in [0.2, 0.25) is 0 Å². The molecule has 0 spiro atoms. The van der Waals surface area contributed by atoms with Gasteiger partial charge in [0.15, 0.2) is 0 Å². The molecule has 1 rings (SSSR count). The van der Waals surface area contributed by atoms with E-state index in [4.69, 9.17) is 11.5 Å². The summed E-state index contributed by atoms with van der Waals surface area (Å²) in [6, 6.07) is 0. The van der Waals surface area contributed by atoms with E-state index in [1.165, 1.54) is 0 Å². The molecule has 1 aliphatic rings. The van der Waals surface area contributed by atoms with Gasteiger partial charge in [0.25, 0.3) is 0 Å². The highest BCUT2D eigenvalue weighted by Crippen LogP contribution is 2.08. The molecule has 0 bridgehead atoms. The lowest BCUT2D eigenvalue weighted by atomic mass is 10.1. The molecule has 44 valence electrons. The summed E-state index contributed by atoms with van der Waals surface area (Å²) >= 11 is 0. The molecule has 2 nitrogen and oxygen atoms in total. The average Bonchev–Trinajstić information content (AvgIpc) is 1.77. The van der Waals surface area contributed by atoms with Crippen molar-refractivity contribution in [1.29, 1.82) is 0 Å². The highest BCUT2D eigenvalue weighted by molar-refractivity contribution is 5.27. The van der Waals surface area contributed by atoms with Crippen LogP contribution in [0.25, 0.3) is 0 Å². The highest BCUT2D eigenvalue weighted by atomic mass is 14.7. The predicted molar refractivity (Wildman–Crippen MR) is 33.8 cm³/mol. The highest BCUT2D eigenvalue weighted by Gasteiger charge is 1.97. The van der Waals surface area contributed by atoms with Crippen molar-refractivity contribution >= 4 is 0 Å². The van der Waals surface area contributed by atoms with E-state index in [1.54, 1.807) is 0 Å². The summed E-state index contributed by atoms with van der Waals surface area (Å²) in [4.78, 5) is 0. The van der Waals surface area contributed by atoms with Crippen LogP contribution in [0.1, 0.15) is 12.8 Å². The van der Waals surface area contributed by atoms with E-state index in [0.29, 0.717) is 0 Å². The van der Waals surface area contributed by atoms with Crippen molar-refractivity contribution < 1.29 is 0 Å². The first kappa shape index (κ1) is 5.22. The third-order valence-electron chi connectivity index (χ3n) is 1.23. The Morgan fingerprint density at radius 3 is 1.62 bits per heavy atom. The van der Waals surface area contributed by atoms with Crippen molar-refractivity contribution in [2.75, 3.05) is 0 Å². The summed E-state index contributed by atoms with van der Waals surface area (Å²) in [6.07, 6.45) is 5.98. The van der Waals surface area contributed by atoms with Crippen LogP contribution in [0.15, 0.2) is 23.5 Å². The van der Waals surface area contributed by atoms with Gasteiger partial charge < -0.3 is 11.5 Å². The Balaban J connectivity index is 2.73. The Kier molecular flexibility index (Phi) is 1.24. The summed E-state index contributed by atoms with van der Waals surface area (Å²) in [6.45, 7) is 0. The van der Waals surface area contributed by atoms with Gasteiger partial charge >= 0.3 is 0 Å². The van der Waals surface area contributed by atoms with E-state index in [1.807, 2.05) is 12.2 Å². The van der Waals surface area contributed by atoms with Crippen molar-refractivity contribution in [2.45, 2.75) is 12.8 Å². The molecule has 0 fully saturated rings. The van der Waals surface area contributed by atoms with Gasteiger partial charge in [-0.2, -0.15) is 0 Å². The molecule has 0 heterocycles. The third-order valence-corrected chi connectivity index (χ3v) is 1.23. The summed E-state index contributed by atoms with van der Waals surface area (Å²) < 4.78 is 0. The standard InChI is InChI=1S/C6H10N2/c7-5-3-1-2-4-6(5)8/h3-4H,1-2,7-8H2.